The molecule has 2 N–H and O–H groups in total. The molecule has 0 atom stereocenters. The molecular formula is C15H23BrN2O2S. The van der Waals surface area contributed by atoms with Gasteiger partial charge in [0.2, 0.25) is 10.0 Å². The molecule has 2 rings (SSSR count). The Hall–Kier alpha value is -0.590. The summed E-state index contributed by atoms with van der Waals surface area (Å²) in [5.41, 5.74) is 6.48. The number of halogens is 1. The van der Waals surface area contributed by atoms with E-state index in [0.29, 0.717) is 29.2 Å². The van der Waals surface area contributed by atoms with Gasteiger partial charge in [0.1, 0.15) is 0 Å². The second kappa shape index (κ2) is 5.89. The van der Waals surface area contributed by atoms with Gasteiger partial charge in [-0.1, -0.05) is 20.8 Å². The summed E-state index contributed by atoms with van der Waals surface area (Å²) in [5, 5.41) is 0. The number of rotatable bonds is 2. The minimum Gasteiger partial charge on any atom is -0.398 e. The van der Waals surface area contributed by atoms with Crippen molar-refractivity contribution in [1.82, 2.24) is 4.31 Å². The predicted octanol–water partition coefficient (Wildman–Crippen LogP) is 3.48. The number of hydrogen-bond donors (Lipinski definition) is 1. The Labute approximate surface area is 135 Å². The summed E-state index contributed by atoms with van der Waals surface area (Å²) >= 11 is 3.29. The molecule has 0 aliphatic carbocycles. The Morgan fingerprint density at radius 2 is 1.81 bits per heavy atom. The summed E-state index contributed by atoms with van der Waals surface area (Å²) in [6.07, 6.45) is 1.82. The van der Waals surface area contributed by atoms with Crippen LogP contribution in [-0.2, 0) is 10.0 Å². The third-order valence-corrected chi connectivity index (χ3v) is 6.90. The molecule has 1 aliphatic rings. The normalized spacial score (nSPS) is 18.9. The summed E-state index contributed by atoms with van der Waals surface area (Å²) < 4.78 is 27.6. The summed E-state index contributed by atoms with van der Waals surface area (Å²) in [6, 6.07) is 4.81. The molecule has 1 saturated heterocycles. The van der Waals surface area contributed by atoms with Crippen molar-refractivity contribution >= 4 is 31.6 Å². The maximum absolute atomic E-state index is 12.7. The molecule has 0 aromatic heterocycles. The second-order valence-corrected chi connectivity index (χ2v) is 9.52. The van der Waals surface area contributed by atoms with E-state index in [4.69, 9.17) is 5.73 Å². The number of sulfonamides is 1. The minimum absolute atomic E-state index is 0.234. The molecule has 1 aromatic carbocycles. The monoisotopic (exact) mass is 374 g/mol. The van der Waals surface area contributed by atoms with E-state index in [-0.39, 0.29) is 10.3 Å². The van der Waals surface area contributed by atoms with Crippen LogP contribution in [-0.4, -0.2) is 25.8 Å². The number of anilines is 1. The lowest BCUT2D eigenvalue weighted by Gasteiger charge is -2.38. The van der Waals surface area contributed by atoms with Crippen LogP contribution in [0.5, 0.6) is 0 Å². The molecule has 118 valence electrons. The Morgan fingerprint density at radius 1 is 1.24 bits per heavy atom. The zero-order chi connectivity index (χ0) is 15.8. The molecule has 4 nitrogen and oxygen atoms in total. The highest BCUT2D eigenvalue weighted by atomic mass is 79.9. The largest absolute Gasteiger partial charge is 0.398 e. The lowest BCUT2D eigenvalue weighted by molar-refractivity contribution is 0.154. The fraction of sp³-hybridized carbons (Fsp3) is 0.600. The fourth-order valence-corrected chi connectivity index (χ4v) is 4.55. The van der Waals surface area contributed by atoms with Gasteiger partial charge in [-0.2, -0.15) is 4.31 Å². The molecule has 1 fully saturated rings. The quantitative estimate of drug-likeness (QED) is 0.805. The van der Waals surface area contributed by atoms with Gasteiger partial charge < -0.3 is 5.73 Å². The molecule has 21 heavy (non-hydrogen) atoms. The number of hydrogen-bond acceptors (Lipinski definition) is 3. The zero-order valence-electron chi connectivity index (χ0n) is 12.8. The lowest BCUT2D eigenvalue weighted by atomic mass is 9.76. The van der Waals surface area contributed by atoms with Crippen molar-refractivity contribution in [1.29, 1.82) is 0 Å². The first kappa shape index (κ1) is 16.8. The summed E-state index contributed by atoms with van der Waals surface area (Å²) in [7, 11) is -3.44. The SMILES string of the molecule is CC(C)(C)C1CCN(S(=O)(=O)c2ccc(Br)c(N)c2)CC1. The van der Waals surface area contributed by atoms with Gasteiger partial charge in [0.05, 0.1) is 4.90 Å². The van der Waals surface area contributed by atoms with E-state index in [1.165, 1.54) is 6.07 Å². The van der Waals surface area contributed by atoms with Crippen molar-refractivity contribution in [2.75, 3.05) is 18.8 Å². The van der Waals surface area contributed by atoms with Gasteiger partial charge in [-0.3, -0.25) is 0 Å². The highest BCUT2D eigenvalue weighted by Crippen LogP contribution is 2.36. The van der Waals surface area contributed by atoms with E-state index < -0.39 is 10.0 Å². The molecule has 1 heterocycles. The Morgan fingerprint density at radius 3 is 2.29 bits per heavy atom. The van der Waals surface area contributed by atoms with Gasteiger partial charge >= 0.3 is 0 Å². The van der Waals surface area contributed by atoms with Gasteiger partial charge in [0.15, 0.2) is 0 Å². The Bertz CT molecular complexity index is 615. The molecule has 0 amide bonds. The van der Waals surface area contributed by atoms with Crippen LogP contribution >= 0.6 is 15.9 Å². The van der Waals surface area contributed by atoms with Crippen LogP contribution in [0.2, 0.25) is 0 Å². The van der Waals surface area contributed by atoms with Crippen molar-refractivity contribution in [3.63, 3.8) is 0 Å². The first-order valence-corrected chi connectivity index (χ1v) is 9.41. The maximum atomic E-state index is 12.7. The fourth-order valence-electron chi connectivity index (χ4n) is 2.79. The molecule has 0 spiro atoms. The predicted molar refractivity (Wildman–Crippen MR) is 89.5 cm³/mol. The van der Waals surface area contributed by atoms with Crippen LogP contribution in [0.15, 0.2) is 27.6 Å². The lowest BCUT2D eigenvalue weighted by Crippen LogP contribution is -2.41. The third kappa shape index (κ3) is 3.60. The molecule has 1 aromatic rings. The molecule has 0 bridgehead atoms. The maximum Gasteiger partial charge on any atom is 0.243 e. The molecular weight excluding hydrogens is 352 g/mol. The Kier molecular flexibility index (Phi) is 4.71. The Balaban J connectivity index is 2.17. The third-order valence-electron chi connectivity index (χ3n) is 4.28. The van der Waals surface area contributed by atoms with Crippen molar-refractivity contribution in [2.24, 2.45) is 11.3 Å². The molecule has 0 saturated carbocycles. The average molecular weight is 375 g/mol. The molecule has 6 heteroatoms. The topological polar surface area (TPSA) is 63.4 Å². The number of piperidine rings is 1. The average Bonchev–Trinajstić information content (AvgIpc) is 2.41. The van der Waals surface area contributed by atoms with E-state index in [1.54, 1.807) is 16.4 Å². The number of benzene rings is 1. The first-order valence-electron chi connectivity index (χ1n) is 7.17. The van der Waals surface area contributed by atoms with E-state index in [1.807, 2.05) is 0 Å². The van der Waals surface area contributed by atoms with E-state index in [0.717, 1.165) is 12.8 Å². The van der Waals surface area contributed by atoms with E-state index >= 15 is 0 Å². The van der Waals surface area contributed by atoms with Gasteiger partial charge in [-0.05, 0) is 58.3 Å². The molecule has 0 unspecified atom stereocenters. The van der Waals surface area contributed by atoms with E-state index in [2.05, 4.69) is 36.7 Å². The minimum atomic E-state index is -3.44. The second-order valence-electron chi connectivity index (χ2n) is 6.73. The van der Waals surface area contributed by atoms with Crippen molar-refractivity contribution in [3.05, 3.63) is 22.7 Å². The molecule has 1 aliphatic heterocycles. The van der Waals surface area contributed by atoms with Crippen molar-refractivity contribution in [3.8, 4) is 0 Å². The smallest absolute Gasteiger partial charge is 0.243 e. The summed E-state index contributed by atoms with van der Waals surface area (Å²) in [4.78, 5) is 0.275. The first-order chi connectivity index (χ1) is 9.62. The number of nitrogens with two attached hydrogens (primary N) is 1. The standard InChI is InChI=1S/C15H23BrN2O2S/c1-15(2,3)11-6-8-18(9-7-11)21(19,20)12-4-5-13(16)14(17)10-12/h4-5,10-11H,6-9,17H2,1-3H3. The summed E-state index contributed by atoms with van der Waals surface area (Å²) in [6.45, 7) is 7.83. The van der Waals surface area contributed by atoms with Crippen molar-refractivity contribution < 1.29 is 8.42 Å². The number of nitrogen functional groups attached to an aromatic ring is 1. The number of nitrogens with zero attached hydrogens (tertiary/aromatic N) is 1. The van der Waals surface area contributed by atoms with Crippen LogP contribution in [0, 0.1) is 11.3 Å². The van der Waals surface area contributed by atoms with Gasteiger partial charge in [-0.15, -0.1) is 0 Å². The van der Waals surface area contributed by atoms with Crippen molar-refractivity contribution in [2.45, 2.75) is 38.5 Å². The van der Waals surface area contributed by atoms with Crippen LogP contribution in [0.4, 0.5) is 5.69 Å². The van der Waals surface area contributed by atoms with Crippen LogP contribution in [0.1, 0.15) is 33.6 Å². The van der Waals surface area contributed by atoms with Gasteiger partial charge in [0.25, 0.3) is 0 Å². The van der Waals surface area contributed by atoms with Crippen LogP contribution < -0.4 is 5.73 Å². The molecule has 0 radical (unpaired) electrons. The zero-order valence-corrected chi connectivity index (χ0v) is 15.2. The van der Waals surface area contributed by atoms with E-state index in [9.17, 15) is 8.42 Å². The summed E-state index contributed by atoms with van der Waals surface area (Å²) in [5.74, 6) is 0.568. The van der Waals surface area contributed by atoms with Gasteiger partial charge in [0, 0.05) is 23.2 Å². The van der Waals surface area contributed by atoms with Crippen LogP contribution in [0.3, 0.4) is 0 Å². The highest BCUT2D eigenvalue weighted by molar-refractivity contribution is 9.10. The van der Waals surface area contributed by atoms with Gasteiger partial charge in [-0.25, -0.2) is 8.42 Å². The highest BCUT2D eigenvalue weighted by Gasteiger charge is 2.34. The van der Waals surface area contributed by atoms with Crippen LogP contribution in [0.25, 0.3) is 0 Å².